The molecule has 3 nitrogen and oxygen atoms in total. The quantitative estimate of drug-likeness (QED) is 0.871. The normalized spacial score (nSPS) is 23.5. The molecule has 0 radical (unpaired) electrons. The van der Waals surface area contributed by atoms with E-state index in [0.29, 0.717) is 0 Å². The average molecular weight is 246 g/mol. The Labute approximate surface area is 94.8 Å². The Morgan fingerprint density at radius 3 is 2.76 bits per heavy atom. The van der Waals surface area contributed by atoms with Gasteiger partial charge in [-0.15, -0.1) is 0 Å². The van der Waals surface area contributed by atoms with Crippen molar-refractivity contribution < 1.29 is 27.8 Å². The van der Waals surface area contributed by atoms with Crippen molar-refractivity contribution in [1.29, 1.82) is 0 Å². The first-order valence-corrected chi connectivity index (χ1v) is 4.86. The maximum absolute atomic E-state index is 14.1. The first-order valence-electron chi connectivity index (χ1n) is 4.86. The van der Waals surface area contributed by atoms with E-state index >= 15 is 0 Å². The van der Waals surface area contributed by atoms with Crippen LogP contribution in [0, 0.1) is 0 Å². The van der Waals surface area contributed by atoms with Crippen LogP contribution < -0.4 is 0 Å². The van der Waals surface area contributed by atoms with Gasteiger partial charge in [0.1, 0.15) is 0 Å². The predicted octanol–water partition coefficient (Wildman–Crippen LogP) is 2.34. The third-order valence-corrected chi connectivity index (χ3v) is 2.72. The van der Waals surface area contributed by atoms with E-state index in [2.05, 4.69) is 0 Å². The Kier molecular flexibility index (Phi) is 2.82. The second-order valence-electron chi connectivity index (χ2n) is 3.83. The van der Waals surface area contributed by atoms with E-state index in [1.165, 1.54) is 12.1 Å². The summed E-state index contributed by atoms with van der Waals surface area (Å²) in [4.78, 5) is 10.7. The molecule has 17 heavy (non-hydrogen) atoms. The molecule has 1 atom stereocenters. The van der Waals surface area contributed by atoms with Crippen molar-refractivity contribution in [2.24, 2.45) is 0 Å². The third-order valence-electron chi connectivity index (χ3n) is 2.72. The zero-order valence-corrected chi connectivity index (χ0v) is 8.62. The maximum atomic E-state index is 14.1. The van der Waals surface area contributed by atoms with Crippen LogP contribution in [-0.4, -0.2) is 24.1 Å². The van der Waals surface area contributed by atoms with Gasteiger partial charge in [-0.25, -0.2) is 18.0 Å². The van der Waals surface area contributed by atoms with Gasteiger partial charge < -0.3 is 9.84 Å². The number of carbonyl (C=O) groups is 1. The van der Waals surface area contributed by atoms with E-state index in [-0.39, 0.29) is 23.3 Å². The lowest BCUT2D eigenvalue weighted by atomic mass is 9.89. The van der Waals surface area contributed by atoms with Crippen LogP contribution in [0.4, 0.5) is 13.2 Å². The number of ether oxygens (including phenoxy) is 1. The van der Waals surface area contributed by atoms with E-state index in [1.54, 1.807) is 0 Å². The van der Waals surface area contributed by atoms with Crippen molar-refractivity contribution in [2.45, 2.75) is 18.7 Å². The van der Waals surface area contributed by atoms with Gasteiger partial charge in [0.2, 0.25) is 5.67 Å². The molecule has 1 aliphatic heterocycles. The van der Waals surface area contributed by atoms with Crippen LogP contribution in [-0.2, 0) is 17.0 Å². The minimum Gasteiger partial charge on any atom is -0.478 e. The fraction of sp³-hybridized carbons (Fsp3) is 0.364. The standard InChI is InChI=1S/C11H9F3O3/c12-10(13)11(14)5-17-4-7-2-1-6(9(15)16)3-8(7)11/h1-3,10H,4-5H2,(H,15,16)/t11-/m1/s1. The summed E-state index contributed by atoms with van der Waals surface area (Å²) in [5.41, 5.74) is -3.19. The summed E-state index contributed by atoms with van der Waals surface area (Å²) in [6.07, 6.45) is -3.26. The lowest BCUT2D eigenvalue weighted by molar-refractivity contribution is -0.107. The maximum Gasteiger partial charge on any atom is 0.335 e. The van der Waals surface area contributed by atoms with Crippen molar-refractivity contribution in [3.05, 3.63) is 34.9 Å². The van der Waals surface area contributed by atoms with E-state index in [1.807, 2.05) is 0 Å². The highest BCUT2D eigenvalue weighted by Crippen LogP contribution is 2.39. The predicted molar refractivity (Wildman–Crippen MR) is 51.8 cm³/mol. The van der Waals surface area contributed by atoms with Crippen LogP contribution in [0.25, 0.3) is 0 Å². The molecule has 0 fully saturated rings. The van der Waals surface area contributed by atoms with Crippen LogP contribution in [0.5, 0.6) is 0 Å². The molecule has 1 heterocycles. The lowest BCUT2D eigenvalue weighted by Gasteiger charge is -2.31. The molecule has 0 saturated carbocycles. The molecule has 1 aromatic carbocycles. The van der Waals surface area contributed by atoms with Crippen LogP contribution in [0.3, 0.4) is 0 Å². The van der Waals surface area contributed by atoms with Crippen LogP contribution in [0.2, 0.25) is 0 Å². The summed E-state index contributed by atoms with van der Waals surface area (Å²) in [5.74, 6) is -1.28. The summed E-state index contributed by atoms with van der Waals surface area (Å²) in [7, 11) is 0. The number of benzene rings is 1. The Hall–Kier alpha value is -1.56. The molecular weight excluding hydrogens is 237 g/mol. The number of fused-ring (bicyclic) bond motifs is 1. The molecule has 1 aliphatic rings. The summed E-state index contributed by atoms with van der Waals surface area (Å²) in [6, 6.07) is 3.49. The minimum absolute atomic E-state index is 0.00756. The number of rotatable bonds is 2. The summed E-state index contributed by atoms with van der Waals surface area (Å²) in [6.45, 7) is -0.756. The van der Waals surface area contributed by atoms with Gasteiger partial charge in [0.05, 0.1) is 18.8 Å². The molecule has 0 spiro atoms. The third kappa shape index (κ3) is 1.88. The second kappa shape index (κ2) is 4.03. The molecule has 0 amide bonds. The number of carboxylic acids is 1. The first-order chi connectivity index (χ1) is 7.95. The van der Waals surface area contributed by atoms with E-state index in [0.717, 1.165) is 6.07 Å². The number of carboxylic acid groups (broad SMARTS) is 1. The largest absolute Gasteiger partial charge is 0.478 e. The Morgan fingerprint density at radius 2 is 2.18 bits per heavy atom. The number of halogens is 3. The van der Waals surface area contributed by atoms with Gasteiger partial charge in [-0.1, -0.05) is 6.07 Å². The van der Waals surface area contributed by atoms with Gasteiger partial charge in [-0.3, -0.25) is 0 Å². The number of aromatic carboxylic acids is 1. The Morgan fingerprint density at radius 1 is 1.47 bits per heavy atom. The summed E-state index contributed by atoms with van der Waals surface area (Å²) >= 11 is 0. The van der Waals surface area contributed by atoms with E-state index < -0.39 is 24.7 Å². The van der Waals surface area contributed by atoms with E-state index in [9.17, 15) is 18.0 Å². The molecule has 0 saturated heterocycles. The number of hydrogen-bond donors (Lipinski definition) is 1. The van der Waals surface area contributed by atoms with Crippen molar-refractivity contribution in [2.75, 3.05) is 6.61 Å². The molecule has 0 aliphatic carbocycles. The first kappa shape index (κ1) is 11.9. The number of hydrogen-bond acceptors (Lipinski definition) is 2. The highest BCUT2D eigenvalue weighted by Gasteiger charge is 2.46. The minimum atomic E-state index is -3.26. The van der Waals surface area contributed by atoms with Gasteiger partial charge in [0.25, 0.3) is 6.43 Å². The molecule has 0 unspecified atom stereocenters. The SMILES string of the molecule is O=C(O)c1ccc2c(c1)[C@@](F)(C(F)F)COC2. The molecule has 1 N–H and O–H groups in total. The van der Waals surface area contributed by atoms with Crippen molar-refractivity contribution in [1.82, 2.24) is 0 Å². The molecule has 2 rings (SSSR count). The molecule has 92 valence electrons. The highest BCUT2D eigenvalue weighted by atomic mass is 19.3. The summed E-state index contributed by atoms with van der Waals surface area (Å²) < 4.78 is 44.3. The Balaban J connectivity index is 2.55. The fourth-order valence-corrected chi connectivity index (χ4v) is 1.79. The van der Waals surface area contributed by atoms with Gasteiger partial charge >= 0.3 is 5.97 Å². The van der Waals surface area contributed by atoms with Gasteiger partial charge in [0.15, 0.2) is 0 Å². The average Bonchev–Trinajstić information content (AvgIpc) is 2.28. The van der Waals surface area contributed by atoms with Crippen LogP contribution >= 0.6 is 0 Å². The molecular formula is C11H9F3O3. The second-order valence-corrected chi connectivity index (χ2v) is 3.83. The van der Waals surface area contributed by atoms with Crippen molar-refractivity contribution in [3.63, 3.8) is 0 Å². The molecule has 0 bridgehead atoms. The smallest absolute Gasteiger partial charge is 0.335 e. The monoisotopic (exact) mass is 246 g/mol. The zero-order chi connectivity index (χ0) is 12.6. The van der Waals surface area contributed by atoms with Crippen molar-refractivity contribution in [3.8, 4) is 0 Å². The lowest BCUT2D eigenvalue weighted by Crippen LogP contribution is -2.39. The van der Waals surface area contributed by atoms with Gasteiger partial charge in [-0.2, -0.15) is 0 Å². The van der Waals surface area contributed by atoms with Gasteiger partial charge in [-0.05, 0) is 17.7 Å². The van der Waals surface area contributed by atoms with Crippen LogP contribution in [0.15, 0.2) is 18.2 Å². The number of alkyl halides is 3. The van der Waals surface area contributed by atoms with E-state index in [4.69, 9.17) is 9.84 Å². The summed E-state index contributed by atoms with van der Waals surface area (Å²) in [5, 5.41) is 8.75. The highest BCUT2D eigenvalue weighted by molar-refractivity contribution is 5.88. The van der Waals surface area contributed by atoms with Crippen LogP contribution in [0.1, 0.15) is 21.5 Å². The fourth-order valence-electron chi connectivity index (χ4n) is 1.79. The molecule has 1 aromatic rings. The molecule has 6 heteroatoms. The molecule has 0 aromatic heterocycles. The zero-order valence-electron chi connectivity index (χ0n) is 8.62. The topological polar surface area (TPSA) is 46.5 Å². The van der Waals surface area contributed by atoms with Gasteiger partial charge in [0, 0.05) is 5.56 Å². The van der Waals surface area contributed by atoms with Crippen molar-refractivity contribution >= 4 is 5.97 Å². The Bertz CT molecular complexity index is 461.